The molecule has 0 bridgehead atoms. The number of hydrogen-bond donors (Lipinski definition) is 1. The van der Waals surface area contributed by atoms with E-state index in [0.717, 1.165) is 18.9 Å². The van der Waals surface area contributed by atoms with E-state index >= 15 is 0 Å². The SMILES string of the molecule is CCOC1(C(O)c2c(F)ccc(Br)c2F)CCC(C)CC1. The summed E-state index contributed by atoms with van der Waals surface area (Å²) >= 11 is 3.05. The third-order valence-electron chi connectivity index (χ3n) is 4.40. The van der Waals surface area contributed by atoms with Crippen LogP contribution in [0, 0.1) is 17.6 Å². The van der Waals surface area contributed by atoms with Crippen molar-refractivity contribution in [3.8, 4) is 0 Å². The van der Waals surface area contributed by atoms with Crippen LogP contribution in [0.2, 0.25) is 0 Å². The van der Waals surface area contributed by atoms with Gasteiger partial charge in [-0.25, -0.2) is 8.78 Å². The van der Waals surface area contributed by atoms with Gasteiger partial charge in [-0.2, -0.15) is 0 Å². The zero-order valence-electron chi connectivity index (χ0n) is 12.3. The predicted molar refractivity (Wildman–Crippen MR) is 81.0 cm³/mol. The number of aliphatic hydroxyl groups is 1. The molecule has 1 aromatic rings. The molecule has 1 atom stereocenters. The Hall–Kier alpha value is -0.520. The van der Waals surface area contributed by atoms with Crippen LogP contribution in [0.4, 0.5) is 8.78 Å². The third-order valence-corrected chi connectivity index (χ3v) is 5.02. The summed E-state index contributed by atoms with van der Waals surface area (Å²) in [7, 11) is 0. The highest BCUT2D eigenvalue weighted by Gasteiger charge is 2.44. The molecule has 2 nitrogen and oxygen atoms in total. The predicted octanol–water partition coefficient (Wildman–Crippen LogP) is 4.75. The molecule has 21 heavy (non-hydrogen) atoms. The normalized spacial score (nSPS) is 27.6. The molecule has 0 amide bonds. The molecule has 0 radical (unpaired) electrons. The van der Waals surface area contributed by atoms with E-state index in [0.29, 0.717) is 25.4 Å². The second-order valence-electron chi connectivity index (χ2n) is 5.84. The summed E-state index contributed by atoms with van der Waals surface area (Å²) in [6.07, 6.45) is 1.67. The Morgan fingerprint density at radius 2 is 2.00 bits per heavy atom. The second kappa shape index (κ2) is 6.71. The van der Waals surface area contributed by atoms with Crippen molar-refractivity contribution in [1.29, 1.82) is 0 Å². The first kappa shape index (κ1) is 16.8. The van der Waals surface area contributed by atoms with E-state index in [4.69, 9.17) is 4.74 Å². The zero-order valence-corrected chi connectivity index (χ0v) is 13.9. The van der Waals surface area contributed by atoms with Crippen molar-refractivity contribution in [3.63, 3.8) is 0 Å². The van der Waals surface area contributed by atoms with Gasteiger partial charge >= 0.3 is 0 Å². The molecular formula is C16H21BrF2O2. The highest BCUT2D eigenvalue weighted by molar-refractivity contribution is 9.10. The lowest BCUT2D eigenvalue weighted by Crippen LogP contribution is -2.43. The third kappa shape index (κ3) is 3.30. The topological polar surface area (TPSA) is 29.5 Å². The number of rotatable bonds is 4. The summed E-state index contributed by atoms with van der Waals surface area (Å²) in [6.45, 7) is 4.38. The van der Waals surface area contributed by atoms with E-state index < -0.39 is 23.3 Å². The molecule has 1 fully saturated rings. The van der Waals surface area contributed by atoms with Gasteiger partial charge < -0.3 is 9.84 Å². The fraction of sp³-hybridized carbons (Fsp3) is 0.625. The first-order chi connectivity index (χ1) is 9.91. The van der Waals surface area contributed by atoms with Gasteiger partial charge in [0.1, 0.15) is 17.7 Å². The second-order valence-corrected chi connectivity index (χ2v) is 6.69. The minimum atomic E-state index is -1.30. The average Bonchev–Trinajstić information content (AvgIpc) is 2.46. The maximum atomic E-state index is 14.3. The molecule has 5 heteroatoms. The van der Waals surface area contributed by atoms with Gasteiger partial charge in [-0.1, -0.05) is 6.92 Å². The molecule has 0 saturated heterocycles. The summed E-state index contributed by atoms with van der Waals surface area (Å²) in [5.74, 6) is -0.941. The Bertz CT molecular complexity index is 499. The molecule has 2 rings (SSSR count). The maximum Gasteiger partial charge on any atom is 0.146 e. The molecule has 1 unspecified atom stereocenters. The Morgan fingerprint density at radius 1 is 1.38 bits per heavy atom. The van der Waals surface area contributed by atoms with Gasteiger partial charge in [-0.15, -0.1) is 0 Å². The number of hydrogen-bond acceptors (Lipinski definition) is 2. The highest BCUT2D eigenvalue weighted by atomic mass is 79.9. The van der Waals surface area contributed by atoms with Crippen LogP contribution < -0.4 is 0 Å². The Kier molecular flexibility index (Phi) is 5.38. The molecule has 1 saturated carbocycles. The van der Waals surface area contributed by atoms with Gasteiger partial charge in [-0.3, -0.25) is 0 Å². The standard InChI is InChI=1S/C16H21BrF2O2/c1-3-21-16(8-6-10(2)7-9-16)15(20)13-12(18)5-4-11(17)14(13)19/h4-5,10,15,20H,3,6-9H2,1-2H3. The number of aliphatic hydroxyl groups excluding tert-OH is 1. The van der Waals surface area contributed by atoms with Gasteiger partial charge in [0.2, 0.25) is 0 Å². The van der Waals surface area contributed by atoms with Crippen molar-refractivity contribution in [2.24, 2.45) is 5.92 Å². The van der Waals surface area contributed by atoms with E-state index in [9.17, 15) is 13.9 Å². The largest absolute Gasteiger partial charge is 0.385 e. The smallest absolute Gasteiger partial charge is 0.146 e. The molecule has 0 spiro atoms. The first-order valence-corrected chi connectivity index (χ1v) is 8.16. The lowest BCUT2D eigenvalue weighted by Gasteiger charge is -2.42. The van der Waals surface area contributed by atoms with Crippen molar-refractivity contribution >= 4 is 15.9 Å². The van der Waals surface area contributed by atoms with Crippen LogP contribution in [0.5, 0.6) is 0 Å². The van der Waals surface area contributed by atoms with E-state index in [2.05, 4.69) is 22.9 Å². The minimum Gasteiger partial charge on any atom is -0.385 e. The van der Waals surface area contributed by atoms with Crippen LogP contribution in [0.3, 0.4) is 0 Å². The van der Waals surface area contributed by atoms with Gasteiger partial charge in [0.05, 0.1) is 15.6 Å². The van der Waals surface area contributed by atoms with Gasteiger partial charge in [0.15, 0.2) is 0 Å². The van der Waals surface area contributed by atoms with Crippen LogP contribution in [-0.2, 0) is 4.74 Å². The van der Waals surface area contributed by atoms with Gasteiger partial charge in [-0.05, 0) is 66.6 Å². The Balaban J connectivity index is 2.40. The fourth-order valence-corrected chi connectivity index (χ4v) is 3.44. The summed E-state index contributed by atoms with van der Waals surface area (Å²) in [6, 6.07) is 2.47. The van der Waals surface area contributed by atoms with Gasteiger partial charge in [0.25, 0.3) is 0 Å². The van der Waals surface area contributed by atoms with Crippen LogP contribution in [0.1, 0.15) is 51.2 Å². The van der Waals surface area contributed by atoms with Crippen molar-refractivity contribution < 1.29 is 18.6 Å². The number of benzene rings is 1. The fourth-order valence-electron chi connectivity index (χ4n) is 3.09. The Morgan fingerprint density at radius 3 is 2.57 bits per heavy atom. The van der Waals surface area contributed by atoms with Crippen molar-refractivity contribution in [2.45, 2.75) is 51.2 Å². The Labute approximate surface area is 132 Å². The van der Waals surface area contributed by atoms with Crippen molar-refractivity contribution in [2.75, 3.05) is 6.61 Å². The number of halogens is 3. The molecule has 0 heterocycles. The molecule has 1 aromatic carbocycles. The molecule has 118 valence electrons. The lowest BCUT2D eigenvalue weighted by molar-refractivity contribution is -0.148. The van der Waals surface area contributed by atoms with Gasteiger partial charge in [0, 0.05) is 6.61 Å². The first-order valence-electron chi connectivity index (χ1n) is 7.36. The molecule has 1 aliphatic carbocycles. The van der Waals surface area contributed by atoms with Crippen LogP contribution in [-0.4, -0.2) is 17.3 Å². The van der Waals surface area contributed by atoms with E-state index in [1.54, 1.807) is 0 Å². The minimum absolute atomic E-state index is 0.147. The van der Waals surface area contributed by atoms with Crippen LogP contribution in [0.25, 0.3) is 0 Å². The quantitative estimate of drug-likeness (QED) is 0.783. The van der Waals surface area contributed by atoms with Crippen molar-refractivity contribution in [3.05, 3.63) is 33.8 Å². The lowest BCUT2D eigenvalue weighted by atomic mass is 9.74. The summed E-state index contributed by atoms with van der Waals surface area (Å²) < 4.78 is 34.2. The van der Waals surface area contributed by atoms with Crippen LogP contribution in [0.15, 0.2) is 16.6 Å². The van der Waals surface area contributed by atoms with E-state index in [-0.39, 0.29) is 10.0 Å². The van der Waals surface area contributed by atoms with E-state index in [1.165, 1.54) is 6.07 Å². The highest BCUT2D eigenvalue weighted by Crippen LogP contribution is 2.45. The summed E-state index contributed by atoms with van der Waals surface area (Å²) in [4.78, 5) is 0. The van der Waals surface area contributed by atoms with Crippen LogP contribution >= 0.6 is 15.9 Å². The number of ether oxygens (including phenoxy) is 1. The summed E-state index contributed by atoms with van der Waals surface area (Å²) in [5.41, 5.74) is -1.20. The average molecular weight is 363 g/mol. The van der Waals surface area contributed by atoms with Crippen molar-refractivity contribution in [1.82, 2.24) is 0 Å². The molecule has 0 aliphatic heterocycles. The van der Waals surface area contributed by atoms with E-state index in [1.807, 2.05) is 6.92 Å². The molecular weight excluding hydrogens is 342 g/mol. The molecule has 0 aromatic heterocycles. The summed E-state index contributed by atoms with van der Waals surface area (Å²) in [5, 5.41) is 10.7. The zero-order chi connectivity index (χ0) is 15.6. The monoisotopic (exact) mass is 362 g/mol. The maximum absolute atomic E-state index is 14.3. The molecule has 1 aliphatic rings. The molecule has 1 N–H and O–H groups in total.